The fraction of sp³-hybridized carbons (Fsp3) is 0.350. The van der Waals surface area contributed by atoms with Crippen molar-refractivity contribution in [1.29, 1.82) is 0 Å². The van der Waals surface area contributed by atoms with Crippen molar-refractivity contribution in [1.82, 2.24) is 14.2 Å². The fourth-order valence-corrected chi connectivity index (χ4v) is 3.54. The zero-order valence-electron chi connectivity index (χ0n) is 15.3. The molecule has 0 spiro atoms. The van der Waals surface area contributed by atoms with Crippen molar-refractivity contribution >= 4 is 17.1 Å². The van der Waals surface area contributed by atoms with Gasteiger partial charge in [-0.25, -0.2) is 4.52 Å². The minimum absolute atomic E-state index is 0.0392. The van der Waals surface area contributed by atoms with Gasteiger partial charge >= 0.3 is 0 Å². The fourth-order valence-electron chi connectivity index (χ4n) is 3.54. The average molecular weight is 366 g/mol. The van der Waals surface area contributed by atoms with Crippen molar-refractivity contribution in [3.8, 4) is 5.75 Å². The monoisotopic (exact) mass is 366 g/mol. The lowest BCUT2D eigenvalue weighted by Crippen LogP contribution is -2.28. The Bertz CT molecular complexity index is 1030. The van der Waals surface area contributed by atoms with Crippen LogP contribution < -0.4 is 15.6 Å². The van der Waals surface area contributed by atoms with Crippen LogP contribution in [0.2, 0.25) is 0 Å². The molecule has 0 saturated heterocycles. The van der Waals surface area contributed by atoms with Crippen molar-refractivity contribution < 1.29 is 9.53 Å². The zero-order chi connectivity index (χ0) is 18.8. The quantitative estimate of drug-likeness (QED) is 0.752. The lowest BCUT2D eigenvalue weighted by atomic mass is 9.97. The molecule has 0 unspecified atom stereocenters. The first-order valence-corrected chi connectivity index (χ1v) is 9.28. The first kappa shape index (κ1) is 17.3. The smallest absolute Gasteiger partial charge is 0.277 e. The van der Waals surface area contributed by atoms with Crippen molar-refractivity contribution in [2.45, 2.75) is 39.2 Å². The molecule has 0 atom stereocenters. The maximum absolute atomic E-state index is 12.9. The lowest BCUT2D eigenvalue weighted by Gasteiger charge is -2.10. The van der Waals surface area contributed by atoms with Crippen LogP contribution in [0, 0.1) is 0 Å². The lowest BCUT2D eigenvalue weighted by molar-refractivity contribution is -0.116. The molecule has 2 aromatic heterocycles. The van der Waals surface area contributed by atoms with Crippen LogP contribution in [-0.4, -0.2) is 26.7 Å². The van der Waals surface area contributed by atoms with E-state index in [1.807, 2.05) is 6.92 Å². The number of aromatic nitrogens is 3. The van der Waals surface area contributed by atoms with Gasteiger partial charge in [0.15, 0.2) is 0 Å². The predicted octanol–water partition coefficient (Wildman–Crippen LogP) is 2.41. The zero-order valence-corrected chi connectivity index (χ0v) is 15.3. The van der Waals surface area contributed by atoms with E-state index in [1.165, 1.54) is 4.57 Å². The Labute approximate surface area is 156 Å². The van der Waals surface area contributed by atoms with Gasteiger partial charge in [-0.3, -0.25) is 9.59 Å². The molecule has 27 heavy (non-hydrogen) atoms. The second kappa shape index (κ2) is 7.26. The number of nitrogens with one attached hydrogen (secondary N) is 1. The van der Waals surface area contributed by atoms with Crippen LogP contribution in [-0.2, 0) is 24.2 Å². The largest absolute Gasteiger partial charge is 0.494 e. The highest BCUT2D eigenvalue weighted by molar-refractivity contribution is 5.90. The number of fused-ring (bicyclic) bond motifs is 3. The standard InChI is InChI=1S/C20H22N4O3/c1-2-27-15-9-7-14(8-10-15)21-18(25)13-23-11-12-24-19(20(23)26)16-5-3-4-6-17(16)22-24/h7-12H,2-6,13H2,1H3,(H,21,25). The van der Waals surface area contributed by atoms with Crippen LogP contribution in [0.1, 0.15) is 31.0 Å². The van der Waals surface area contributed by atoms with E-state index in [0.29, 0.717) is 17.8 Å². The SMILES string of the molecule is CCOc1ccc(NC(=O)Cn2ccn3nc4c(c3c2=O)CCCC4)cc1. The Morgan fingerprint density at radius 1 is 1.19 bits per heavy atom. The molecule has 1 N–H and O–H groups in total. The number of carbonyl (C=O) groups excluding carboxylic acids is 1. The summed E-state index contributed by atoms with van der Waals surface area (Å²) in [7, 11) is 0. The third-order valence-electron chi connectivity index (χ3n) is 4.80. The molecule has 0 aliphatic heterocycles. The second-order valence-electron chi connectivity index (χ2n) is 6.66. The summed E-state index contributed by atoms with van der Waals surface area (Å²) < 4.78 is 8.48. The van der Waals surface area contributed by atoms with E-state index in [9.17, 15) is 9.59 Å². The van der Waals surface area contributed by atoms with E-state index >= 15 is 0 Å². The number of aryl methyl sites for hydroxylation is 2. The number of carbonyl (C=O) groups is 1. The first-order valence-electron chi connectivity index (χ1n) is 9.28. The molecule has 0 bridgehead atoms. The normalized spacial score (nSPS) is 13.4. The summed E-state index contributed by atoms with van der Waals surface area (Å²) in [5.41, 5.74) is 3.14. The summed E-state index contributed by atoms with van der Waals surface area (Å²) >= 11 is 0. The van der Waals surface area contributed by atoms with Crippen LogP contribution in [0.5, 0.6) is 5.75 Å². The van der Waals surface area contributed by atoms with Gasteiger partial charge in [0.25, 0.3) is 5.56 Å². The van der Waals surface area contributed by atoms with Crippen LogP contribution in [0.4, 0.5) is 5.69 Å². The van der Waals surface area contributed by atoms with Gasteiger partial charge in [-0.1, -0.05) is 0 Å². The van der Waals surface area contributed by atoms with Gasteiger partial charge in [-0.2, -0.15) is 5.10 Å². The molecule has 2 heterocycles. The van der Waals surface area contributed by atoms with E-state index in [2.05, 4.69) is 10.4 Å². The summed E-state index contributed by atoms with van der Waals surface area (Å²) in [6.45, 7) is 2.47. The molecule has 140 valence electrons. The average Bonchev–Trinajstić information content (AvgIpc) is 3.05. The molecule has 4 rings (SSSR count). The number of rotatable bonds is 5. The van der Waals surface area contributed by atoms with Crippen LogP contribution in [0.3, 0.4) is 0 Å². The molecule has 0 saturated carbocycles. The number of hydrogen-bond donors (Lipinski definition) is 1. The van der Waals surface area contributed by atoms with Crippen molar-refractivity contribution in [3.63, 3.8) is 0 Å². The van der Waals surface area contributed by atoms with Gasteiger partial charge in [0.2, 0.25) is 5.91 Å². The van der Waals surface area contributed by atoms with Crippen LogP contribution in [0.25, 0.3) is 5.52 Å². The molecule has 1 aliphatic rings. The number of nitrogens with zero attached hydrogens (tertiary/aromatic N) is 3. The van der Waals surface area contributed by atoms with E-state index in [0.717, 1.165) is 42.7 Å². The highest BCUT2D eigenvalue weighted by Gasteiger charge is 2.20. The van der Waals surface area contributed by atoms with E-state index in [4.69, 9.17) is 4.74 Å². The van der Waals surface area contributed by atoms with Gasteiger partial charge in [-0.05, 0) is 56.9 Å². The van der Waals surface area contributed by atoms with Gasteiger partial charge in [0.1, 0.15) is 17.8 Å². The highest BCUT2D eigenvalue weighted by Crippen LogP contribution is 2.22. The Kier molecular flexibility index (Phi) is 4.66. The molecule has 1 amide bonds. The maximum Gasteiger partial charge on any atom is 0.277 e. The Morgan fingerprint density at radius 3 is 2.74 bits per heavy atom. The van der Waals surface area contributed by atoms with Gasteiger partial charge in [0.05, 0.1) is 12.3 Å². The highest BCUT2D eigenvalue weighted by atomic mass is 16.5. The van der Waals surface area contributed by atoms with Crippen molar-refractivity contribution in [2.75, 3.05) is 11.9 Å². The maximum atomic E-state index is 12.9. The Hall–Kier alpha value is -3.09. The molecule has 0 radical (unpaired) electrons. The number of anilines is 1. The summed E-state index contributed by atoms with van der Waals surface area (Å²) in [5.74, 6) is 0.502. The topological polar surface area (TPSA) is 77.6 Å². The third kappa shape index (κ3) is 3.45. The van der Waals surface area contributed by atoms with Crippen molar-refractivity contribution in [3.05, 3.63) is 58.3 Å². The number of benzene rings is 1. The summed E-state index contributed by atoms with van der Waals surface area (Å²) in [6, 6.07) is 7.16. The van der Waals surface area contributed by atoms with E-state index in [1.54, 1.807) is 41.2 Å². The predicted molar refractivity (Wildman–Crippen MR) is 102 cm³/mol. The van der Waals surface area contributed by atoms with Crippen LogP contribution in [0.15, 0.2) is 41.5 Å². The molecule has 7 heteroatoms. The van der Waals surface area contributed by atoms with Crippen molar-refractivity contribution in [2.24, 2.45) is 0 Å². The summed E-state index contributed by atoms with van der Waals surface area (Å²) in [4.78, 5) is 25.3. The molecule has 1 aromatic carbocycles. The molecule has 3 aromatic rings. The van der Waals surface area contributed by atoms with E-state index < -0.39 is 0 Å². The van der Waals surface area contributed by atoms with Gasteiger partial charge in [-0.15, -0.1) is 0 Å². The molecule has 1 aliphatic carbocycles. The van der Waals surface area contributed by atoms with Crippen LogP contribution >= 0.6 is 0 Å². The number of amides is 1. The molecular formula is C20H22N4O3. The minimum atomic E-state index is -0.251. The molecular weight excluding hydrogens is 344 g/mol. The summed E-state index contributed by atoms with van der Waals surface area (Å²) in [5, 5.41) is 7.33. The number of ether oxygens (including phenoxy) is 1. The van der Waals surface area contributed by atoms with E-state index in [-0.39, 0.29) is 18.0 Å². The Balaban J connectivity index is 1.53. The minimum Gasteiger partial charge on any atom is -0.494 e. The van der Waals surface area contributed by atoms with Gasteiger partial charge < -0.3 is 14.6 Å². The third-order valence-corrected chi connectivity index (χ3v) is 4.80. The summed E-state index contributed by atoms with van der Waals surface area (Å²) in [6.07, 6.45) is 7.33. The first-order chi connectivity index (χ1) is 13.2. The number of hydrogen-bond acceptors (Lipinski definition) is 4. The Morgan fingerprint density at radius 2 is 1.96 bits per heavy atom. The van der Waals surface area contributed by atoms with Gasteiger partial charge in [0, 0.05) is 23.6 Å². The molecule has 7 nitrogen and oxygen atoms in total. The molecule has 0 fully saturated rings. The second-order valence-corrected chi connectivity index (χ2v) is 6.66.